The molecule has 1 aromatic heterocycles. The number of thiocarbonyl (C=S) groups is 1. The predicted molar refractivity (Wildman–Crippen MR) is 79.2 cm³/mol. The summed E-state index contributed by atoms with van der Waals surface area (Å²) >= 11 is 5.18. The molecule has 0 bridgehead atoms. The summed E-state index contributed by atoms with van der Waals surface area (Å²) in [5.41, 5.74) is 2.16. The topological polar surface area (TPSA) is 54.8 Å². The average Bonchev–Trinajstić information content (AvgIpc) is 2.93. The molecule has 1 heterocycles. The van der Waals surface area contributed by atoms with Crippen LogP contribution in [0.25, 0.3) is 5.69 Å². The van der Waals surface area contributed by atoms with Gasteiger partial charge in [0.1, 0.15) is 12.7 Å². The Bertz CT molecular complexity index is 520. The van der Waals surface area contributed by atoms with Gasteiger partial charge >= 0.3 is 0 Å². The second kappa shape index (κ2) is 6.29. The fourth-order valence-electron chi connectivity index (χ4n) is 1.75. The Hall–Kier alpha value is -1.95. The molecule has 5 nitrogen and oxygen atoms in total. The molecule has 0 spiro atoms. The van der Waals surface area contributed by atoms with Gasteiger partial charge in [-0.3, -0.25) is 0 Å². The Morgan fingerprint density at radius 2 is 2.11 bits per heavy atom. The highest BCUT2D eigenvalue weighted by Gasteiger charge is 2.06. The summed E-state index contributed by atoms with van der Waals surface area (Å²) in [5, 5.41) is 11.1. The lowest BCUT2D eigenvalue weighted by Crippen LogP contribution is -2.36. The van der Waals surface area contributed by atoms with E-state index in [1.807, 2.05) is 19.1 Å². The van der Waals surface area contributed by atoms with Crippen LogP contribution in [0.3, 0.4) is 0 Å². The lowest BCUT2D eigenvalue weighted by Gasteiger charge is -2.17. The molecule has 0 radical (unpaired) electrons. The molecule has 0 unspecified atom stereocenters. The van der Waals surface area contributed by atoms with Gasteiger partial charge in [-0.2, -0.15) is 5.10 Å². The Balaban J connectivity index is 2.04. The van der Waals surface area contributed by atoms with Crippen LogP contribution in [0, 0.1) is 0 Å². The first-order valence-electron chi connectivity index (χ1n) is 6.20. The van der Waals surface area contributed by atoms with E-state index >= 15 is 0 Å². The highest BCUT2D eigenvalue weighted by Crippen LogP contribution is 2.14. The van der Waals surface area contributed by atoms with Crippen molar-refractivity contribution in [2.75, 3.05) is 6.54 Å². The Morgan fingerprint density at radius 1 is 1.37 bits per heavy atom. The highest BCUT2D eigenvalue weighted by atomic mass is 32.1. The van der Waals surface area contributed by atoms with Crippen molar-refractivity contribution in [2.24, 2.45) is 0 Å². The number of rotatable bonds is 4. The normalized spacial score (nSPS) is 11.9. The first kappa shape index (κ1) is 13.5. The van der Waals surface area contributed by atoms with E-state index in [1.165, 1.54) is 11.9 Å². The van der Waals surface area contributed by atoms with Crippen molar-refractivity contribution in [1.82, 2.24) is 25.4 Å². The van der Waals surface area contributed by atoms with Gasteiger partial charge in [-0.05, 0) is 43.8 Å². The van der Waals surface area contributed by atoms with E-state index in [1.54, 1.807) is 11.0 Å². The molecule has 0 amide bonds. The largest absolute Gasteiger partial charge is 0.363 e. The van der Waals surface area contributed by atoms with Crippen LogP contribution >= 0.6 is 12.2 Å². The monoisotopic (exact) mass is 275 g/mol. The number of hydrogen-bond donors (Lipinski definition) is 2. The molecule has 0 fully saturated rings. The quantitative estimate of drug-likeness (QED) is 0.834. The number of hydrogen-bond acceptors (Lipinski definition) is 3. The molecule has 1 atom stereocenters. The van der Waals surface area contributed by atoms with E-state index in [0.717, 1.165) is 12.2 Å². The molecular weight excluding hydrogens is 258 g/mol. The first-order valence-corrected chi connectivity index (χ1v) is 6.61. The van der Waals surface area contributed by atoms with E-state index in [4.69, 9.17) is 12.2 Å². The SMILES string of the molecule is CCNC(=S)N[C@@H](C)c1ccc(-n2cncn2)cc1. The summed E-state index contributed by atoms with van der Waals surface area (Å²) in [5.74, 6) is 0. The van der Waals surface area contributed by atoms with Gasteiger partial charge in [0, 0.05) is 6.54 Å². The maximum absolute atomic E-state index is 5.18. The molecule has 0 aliphatic rings. The lowest BCUT2D eigenvalue weighted by molar-refractivity contribution is 0.701. The van der Waals surface area contributed by atoms with Gasteiger partial charge in [0.15, 0.2) is 5.11 Å². The average molecular weight is 275 g/mol. The van der Waals surface area contributed by atoms with E-state index in [9.17, 15) is 0 Å². The molecular formula is C13H17N5S. The maximum Gasteiger partial charge on any atom is 0.166 e. The zero-order chi connectivity index (χ0) is 13.7. The molecule has 2 N–H and O–H groups in total. The lowest BCUT2D eigenvalue weighted by atomic mass is 10.1. The van der Waals surface area contributed by atoms with E-state index < -0.39 is 0 Å². The smallest absolute Gasteiger partial charge is 0.166 e. The van der Waals surface area contributed by atoms with Crippen molar-refractivity contribution in [1.29, 1.82) is 0 Å². The van der Waals surface area contributed by atoms with Crippen LogP contribution in [-0.4, -0.2) is 26.4 Å². The Kier molecular flexibility index (Phi) is 4.46. The summed E-state index contributed by atoms with van der Waals surface area (Å²) in [6, 6.07) is 8.31. The number of benzene rings is 1. The van der Waals surface area contributed by atoms with Crippen LogP contribution in [0.15, 0.2) is 36.9 Å². The zero-order valence-corrected chi connectivity index (χ0v) is 11.8. The molecule has 19 heavy (non-hydrogen) atoms. The van der Waals surface area contributed by atoms with Crippen molar-refractivity contribution < 1.29 is 0 Å². The van der Waals surface area contributed by atoms with Crippen molar-refractivity contribution >= 4 is 17.3 Å². The Morgan fingerprint density at radius 3 is 2.68 bits per heavy atom. The van der Waals surface area contributed by atoms with Crippen LogP contribution in [0.5, 0.6) is 0 Å². The minimum Gasteiger partial charge on any atom is -0.363 e. The first-order chi connectivity index (χ1) is 9.20. The minimum atomic E-state index is 0.163. The second-order valence-electron chi connectivity index (χ2n) is 4.16. The summed E-state index contributed by atoms with van der Waals surface area (Å²) < 4.78 is 1.73. The van der Waals surface area contributed by atoms with E-state index in [2.05, 4.69) is 39.8 Å². The van der Waals surface area contributed by atoms with Gasteiger partial charge in [-0.15, -0.1) is 0 Å². The van der Waals surface area contributed by atoms with Crippen LogP contribution < -0.4 is 10.6 Å². The van der Waals surface area contributed by atoms with Crippen molar-refractivity contribution in [3.05, 3.63) is 42.5 Å². The standard InChI is InChI=1S/C13H17N5S/c1-3-15-13(19)17-10(2)11-4-6-12(7-5-11)18-9-14-8-16-18/h4-10H,3H2,1-2H3,(H2,15,17,19)/t10-/m0/s1. The van der Waals surface area contributed by atoms with Crippen LogP contribution in [0.2, 0.25) is 0 Å². The van der Waals surface area contributed by atoms with Gasteiger partial charge in [0.25, 0.3) is 0 Å². The fraction of sp³-hybridized carbons (Fsp3) is 0.308. The minimum absolute atomic E-state index is 0.163. The molecule has 2 aromatic rings. The number of nitrogens with one attached hydrogen (secondary N) is 2. The van der Waals surface area contributed by atoms with Crippen molar-refractivity contribution in [3.8, 4) is 5.69 Å². The molecule has 0 aliphatic heterocycles. The van der Waals surface area contributed by atoms with Gasteiger partial charge in [-0.1, -0.05) is 12.1 Å². The van der Waals surface area contributed by atoms with Gasteiger partial charge in [0.05, 0.1) is 11.7 Å². The Labute approximate surface area is 118 Å². The molecule has 2 rings (SSSR count). The van der Waals surface area contributed by atoms with Gasteiger partial charge in [0.2, 0.25) is 0 Å². The highest BCUT2D eigenvalue weighted by molar-refractivity contribution is 7.80. The summed E-state index contributed by atoms with van der Waals surface area (Å²) in [7, 11) is 0. The maximum atomic E-state index is 5.18. The molecule has 1 aromatic carbocycles. The van der Waals surface area contributed by atoms with Crippen molar-refractivity contribution in [3.63, 3.8) is 0 Å². The van der Waals surface area contributed by atoms with Crippen LogP contribution in [0.1, 0.15) is 25.5 Å². The number of nitrogens with zero attached hydrogens (tertiary/aromatic N) is 3. The number of aromatic nitrogens is 3. The van der Waals surface area contributed by atoms with E-state index in [-0.39, 0.29) is 6.04 Å². The van der Waals surface area contributed by atoms with E-state index in [0.29, 0.717) is 5.11 Å². The third-order valence-corrected chi connectivity index (χ3v) is 3.02. The van der Waals surface area contributed by atoms with Gasteiger partial charge < -0.3 is 10.6 Å². The molecule has 0 saturated carbocycles. The summed E-state index contributed by atoms with van der Waals surface area (Å²) in [6.07, 6.45) is 3.20. The van der Waals surface area contributed by atoms with Crippen LogP contribution in [0.4, 0.5) is 0 Å². The third kappa shape index (κ3) is 3.51. The zero-order valence-electron chi connectivity index (χ0n) is 11.0. The van der Waals surface area contributed by atoms with Crippen molar-refractivity contribution in [2.45, 2.75) is 19.9 Å². The third-order valence-electron chi connectivity index (χ3n) is 2.76. The molecule has 6 heteroatoms. The predicted octanol–water partition coefficient (Wildman–Crippen LogP) is 1.81. The molecule has 100 valence electrons. The second-order valence-corrected chi connectivity index (χ2v) is 4.57. The molecule has 0 aliphatic carbocycles. The van der Waals surface area contributed by atoms with Gasteiger partial charge in [-0.25, -0.2) is 9.67 Å². The fourth-order valence-corrected chi connectivity index (χ4v) is 2.07. The molecule has 0 saturated heterocycles. The van der Waals surface area contributed by atoms with Crippen LogP contribution in [-0.2, 0) is 0 Å². The summed E-state index contributed by atoms with van der Waals surface area (Å²) in [4.78, 5) is 3.93. The summed E-state index contributed by atoms with van der Waals surface area (Å²) in [6.45, 7) is 4.92.